The van der Waals surface area contributed by atoms with E-state index < -0.39 is 42.5 Å². The molecule has 0 aliphatic carbocycles. The third-order valence-corrected chi connectivity index (χ3v) is 5.49. The van der Waals surface area contributed by atoms with Crippen molar-refractivity contribution < 1.29 is 38.1 Å². The first-order chi connectivity index (χ1) is 18.1. The van der Waals surface area contributed by atoms with Gasteiger partial charge in [-0.1, -0.05) is 60.5 Å². The van der Waals surface area contributed by atoms with Crippen molar-refractivity contribution in [2.75, 3.05) is 13.2 Å². The maximum Gasteiger partial charge on any atom is 0.338 e. The number of benzene rings is 3. The average molecular weight is 501 g/mol. The fourth-order valence-electron chi connectivity index (χ4n) is 3.70. The van der Waals surface area contributed by atoms with E-state index in [0.717, 1.165) is 0 Å². The minimum absolute atomic E-state index is 0.155. The van der Waals surface area contributed by atoms with Crippen molar-refractivity contribution >= 4 is 17.9 Å². The van der Waals surface area contributed by atoms with E-state index in [4.69, 9.17) is 30.1 Å². The summed E-state index contributed by atoms with van der Waals surface area (Å²) in [7, 11) is 0. The van der Waals surface area contributed by atoms with Gasteiger partial charge in [0, 0.05) is 0 Å². The van der Waals surface area contributed by atoms with Crippen LogP contribution in [-0.4, -0.2) is 55.7 Å². The van der Waals surface area contributed by atoms with Gasteiger partial charge in [0.15, 0.2) is 24.6 Å². The van der Waals surface area contributed by atoms with E-state index in [-0.39, 0.29) is 24.3 Å². The van der Waals surface area contributed by atoms with Gasteiger partial charge in [0.1, 0.15) is 6.61 Å². The average Bonchev–Trinajstić information content (AvgIpc) is 2.95. The highest BCUT2D eigenvalue weighted by atomic mass is 16.7. The van der Waals surface area contributed by atoms with Gasteiger partial charge in [0.2, 0.25) is 0 Å². The summed E-state index contributed by atoms with van der Waals surface area (Å²) in [5, 5.41) is 0. The molecule has 1 saturated heterocycles. The summed E-state index contributed by atoms with van der Waals surface area (Å²) in [5.41, 5.74) is 0.810. The van der Waals surface area contributed by atoms with E-state index in [9.17, 15) is 14.4 Å². The summed E-state index contributed by atoms with van der Waals surface area (Å²) in [6.45, 7) is -0.349. The Morgan fingerprint density at radius 1 is 0.703 bits per heavy atom. The number of ether oxygens (including phenoxy) is 5. The van der Waals surface area contributed by atoms with Gasteiger partial charge in [-0.05, 0) is 36.4 Å². The third kappa shape index (κ3) is 6.61. The van der Waals surface area contributed by atoms with Gasteiger partial charge < -0.3 is 23.7 Å². The zero-order valence-corrected chi connectivity index (χ0v) is 19.7. The lowest BCUT2D eigenvalue weighted by atomic mass is 10.0. The first-order valence-corrected chi connectivity index (χ1v) is 11.5. The molecule has 0 unspecified atom stereocenters. The zero-order valence-electron chi connectivity index (χ0n) is 19.7. The Bertz CT molecular complexity index is 1240. The summed E-state index contributed by atoms with van der Waals surface area (Å²) >= 11 is 0. The van der Waals surface area contributed by atoms with Crippen LogP contribution in [-0.2, 0) is 23.7 Å². The van der Waals surface area contributed by atoms with Crippen molar-refractivity contribution in [2.45, 2.75) is 24.6 Å². The highest BCUT2D eigenvalue weighted by molar-refractivity contribution is 5.91. The summed E-state index contributed by atoms with van der Waals surface area (Å²) in [6, 6.07) is 24.8. The topological polar surface area (TPSA) is 97.4 Å². The SMILES string of the molecule is C#CCO[C@@H]1OC[C@@H](OC(=O)c2ccccc2)[C@@H](OC(=O)c2ccccc2)[C@H]1OC(=O)c1ccccc1. The molecule has 0 saturated carbocycles. The Balaban J connectivity index is 1.64. The Morgan fingerprint density at radius 3 is 1.59 bits per heavy atom. The van der Waals surface area contributed by atoms with Crippen molar-refractivity contribution in [1.82, 2.24) is 0 Å². The molecule has 3 aromatic rings. The lowest BCUT2D eigenvalue weighted by Crippen LogP contribution is -2.58. The number of hydrogen-bond donors (Lipinski definition) is 0. The second-order valence-corrected chi connectivity index (χ2v) is 8.00. The van der Waals surface area contributed by atoms with Crippen LogP contribution in [0.5, 0.6) is 0 Å². The third-order valence-electron chi connectivity index (χ3n) is 5.49. The Labute approximate surface area is 214 Å². The van der Waals surface area contributed by atoms with Crippen molar-refractivity contribution in [3.63, 3.8) is 0 Å². The molecular weight excluding hydrogens is 476 g/mol. The zero-order chi connectivity index (χ0) is 26.0. The predicted molar refractivity (Wildman–Crippen MR) is 131 cm³/mol. The fraction of sp³-hybridized carbons (Fsp3) is 0.207. The van der Waals surface area contributed by atoms with Crippen LogP contribution in [0.2, 0.25) is 0 Å². The molecule has 3 aromatic carbocycles. The number of carbonyl (C=O) groups is 3. The van der Waals surface area contributed by atoms with Crippen LogP contribution in [0, 0.1) is 12.3 Å². The molecule has 0 radical (unpaired) electrons. The van der Waals surface area contributed by atoms with E-state index in [0.29, 0.717) is 5.56 Å². The monoisotopic (exact) mass is 500 g/mol. The maximum atomic E-state index is 13.0. The lowest BCUT2D eigenvalue weighted by molar-refractivity contribution is -0.264. The van der Waals surface area contributed by atoms with Crippen LogP contribution in [0.3, 0.4) is 0 Å². The molecule has 4 rings (SSSR count). The lowest BCUT2D eigenvalue weighted by Gasteiger charge is -2.40. The van der Waals surface area contributed by atoms with Crippen LogP contribution in [0.25, 0.3) is 0 Å². The number of terminal acetylenes is 1. The first kappa shape index (κ1) is 25.6. The van der Waals surface area contributed by atoms with Crippen molar-refractivity contribution in [3.05, 3.63) is 108 Å². The molecule has 8 nitrogen and oxygen atoms in total. The van der Waals surface area contributed by atoms with Gasteiger partial charge >= 0.3 is 17.9 Å². The molecular formula is C29H24O8. The van der Waals surface area contributed by atoms with Crippen LogP contribution in [0.1, 0.15) is 31.1 Å². The van der Waals surface area contributed by atoms with Crippen molar-refractivity contribution in [1.29, 1.82) is 0 Å². The Kier molecular flexibility index (Phi) is 8.66. The minimum Gasteiger partial charge on any atom is -0.452 e. The molecule has 0 bridgehead atoms. The van der Waals surface area contributed by atoms with Gasteiger partial charge in [0.05, 0.1) is 23.3 Å². The van der Waals surface area contributed by atoms with Crippen LogP contribution in [0.4, 0.5) is 0 Å². The van der Waals surface area contributed by atoms with Crippen LogP contribution >= 0.6 is 0 Å². The van der Waals surface area contributed by atoms with E-state index in [1.54, 1.807) is 91.0 Å². The molecule has 0 aromatic heterocycles. The second-order valence-electron chi connectivity index (χ2n) is 8.00. The number of carbonyl (C=O) groups excluding carboxylic acids is 3. The van der Waals surface area contributed by atoms with Crippen LogP contribution < -0.4 is 0 Å². The highest BCUT2D eigenvalue weighted by Gasteiger charge is 2.48. The number of rotatable bonds is 8. The molecule has 1 aliphatic heterocycles. The summed E-state index contributed by atoms with van der Waals surface area (Å²) in [4.78, 5) is 38.8. The smallest absolute Gasteiger partial charge is 0.338 e. The molecule has 8 heteroatoms. The minimum atomic E-state index is -1.30. The summed E-state index contributed by atoms with van der Waals surface area (Å²) in [5.74, 6) is 0.257. The quantitative estimate of drug-likeness (QED) is 0.263. The normalized spacial score (nSPS) is 20.7. The number of hydrogen-bond acceptors (Lipinski definition) is 8. The molecule has 1 aliphatic rings. The number of esters is 3. The molecule has 1 fully saturated rings. The van der Waals surface area contributed by atoms with Crippen molar-refractivity contribution in [2.24, 2.45) is 0 Å². The Morgan fingerprint density at radius 2 is 1.14 bits per heavy atom. The Hall–Kier alpha value is -4.45. The van der Waals surface area contributed by atoms with E-state index in [1.807, 2.05) is 0 Å². The van der Waals surface area contributed by atoms with E-state index in [1.165, 1.54) is 0 Å². The van der Waals surface area contributed by atoms with Gasteiger partial charge in [-0.2, -0.15) is 0 Å². The van der Waals surface area contributed by atoms with Crippen LogP contribution in [0.15, 0.2) is 91.0 Å². The molecule has 188 valence electrons. The van der Waals surface area contributed by atoms with Gasteiger partial charge in [-0.15, -0.1) is 6.42 Å². The van der Waals surface area contributed by atoms with E-state index in [2.05, 4.69) is 5.92 Å². The highest BCUT2D eigenvalue weighted by Crippen LogP contribution is 2.27. The van der Waals surface area contributed by atoms with E-state index >= 15 is 0 Å². The first-order valence-electron chi connectivity index (χ1n) is 11.5. The standard InChI is InChI=1S/C29H24O8/c1-2-18-33-29-25(37-28(32)22-16-10-5-11-17-22)24(36-27(31)21-14-8-4-9-15-21)23(19-34-29)35-26(30)20-12-6-3-7-13-20/h1,3-17,23-25,29H,18-19H2/t23-,24-,25-,29-/m1/s1. The van der Waals surface area contributed by atoms with Gasteiger partial charge in [-0.25, -0.2) is 14.4 Å². The molecule has 0 N–H and O–H groups in total. The molecule has 0 spiro atoms. The molecule has 37 heavy (non-hydrogen) atoms. The maximum absolute atomic E-state index is 13.0. The summed E-state index contributed by atoms with van der Waals surface area (Å²) in [6.07, 6.45) is 0.496. The molecule has 4 atom stereocenters. The second kappa shape index (κ2) is 12.5. The van der Waals surface area contributed by atoms with Gasteiger partial charge in [0.25, 0.3) is 0 Å². The molecule has 0 amide bonds. The van der Waals surface area contributed by atoms with Gasteiger partial charge in [-0.3, -0.25) is 0 Å². The summed E-state index contributed by atoms with van der Waals surface area (Å²) < 4.78 is 28.5. The molecule has 1 heterocycles. The largest absolute Gasteiger partial charge is 0.452 e. The van der Waals surface area contributed by atoms with Crippen molar-refractivity contribution in [3.8, 4) is 12.3 Å². The predicted octanol–water partition coefficient (Wildman–Crippen LogP) is 3.67. The fourth-order valence-corrected chi connectivity index (χ4v) is 3.70.